The zero-order valence-electron chi connectivity index (χ0n) is 16.5. The van der Waals surface area contributed by atoms with Gasteiger partial charge < -0.3 is 20.3 Å². The number of halogens is 1. The van der Waals surface area contributed by atoms with Gasteiger partial charge in [0.05, 0.1) is 41.0 Å². The van der Waals surface area contributed by atoms with Crippen molar-refractivity contribution in [2.75, 3.05) is 24.8 Å². The molecule has 14 heteroatoms. The smallest absolute Gasteiger partial charge is 0.272 e. The Bertz CT molecular complexity index is 1130. The van der Waals surface area contributed by atoms with Crippen LogP contribution in [-0.2, 0) is 0 Å². The SMILES string of the molecule is COc1cc(-n2cnnn2)c(Cl)cc1C(=O)Nc1cc(SC[C@H](O)CO)cc([N+](=O)[O-])c1. The monoisotopic (exact) mass is 480 g/mol. The van der Waals surface area contributed by atoms with Gasteiger partial charge in [-0.15, -0.1) is 16.9 Å². The second-order valence-electron chi connectivity index (χ2n) is 6.33. The van der Waals surface area contributed by atoms with E-state index in [4.69, 9.17) is 21.4 Å². The van der Waals surface area contributed by atoms with Crippen LogP contribution in [-0.4, -0.2) is 66.8 Å². The van der Waals surface area contributed by atoms with Crippen molar-refractivity contribution in [1.82, 2.24) is 20.2 Å². The number of benzene rings is 2. The molecule has 0 radical (unpaired) electrons. The fraction of sp³-hybridized carbons (Fsp3) is 0.222. The number of aromatic nitrogens is 4. The van der Waals surface area contributed by atoms with Crippen LogP contribution in [0.25, 0.3) is 5.69 Å². The summed E-state index contributed by atoms with van der Waals surface area (Å²) in [6.45, 7) is -0.438. The minimum atomic E-state index is -0.984. The Labute approximate surface area is 190 Å². The van der Waals surface area contributed by atoms with Crippen molar-refractivity contribution >= 4 is 40.6 Å². The minimum absolute atomic E-state index is 0.0886. The number of tetrazole rings is 1. The lowest BCUT2D eigenvalue weighted by Crippen LogP contribution is -2.15. The largest absolute Gasteiger partial charge is 0.496 e. The van der Waals surface area contributed by atoms with Crippen LogP contribution in [0, 0.1) is 10.1 Å². The first-order valence-electron chi connectivity index (χ1n) is 8.95. The maximum Gasteiger partial charge on any atom is 0.272 e. The molecule has 0 saturated heterocycles. The average molecular weight is 481 g/mol. The number of nitrogens with zero attached hydrogens (tertiary/aromatic N) is 5. The number of aliphatic hydroxyl groups is 2. The van der Waals surface area contributed by atoms with E-state index < -0.39 is 23.5 Å². The highest BCUT2D eigenvalue weighted by Gasteiger charge is 2.19. The molecular weight excluding hydrogens is 464 g/mol. The van der Waals surface area contributed by atoms with Crippen molar-refractivity contribution in [3.63, 3.8) is 0 Å². The van der Waals surface area contributed by atoms with Gasteiger partial charge in [-0.25, -0.2) is 0 Å². The predicted molar refractivity (Wildman–Crippen MR) is 116 cm³/mol. The number of rotatable bonds is 9. The molecule has 0 bridgehead atoms. The van der Waals surface area contributed by atoms with Gasteiger partial charge >= 0.3 is 0 Å². The Kier molecular flexibility index (Phi) is 7.58. The third kappa shape index (κ3) is 5.50. The van der Waals surface area contributed by atoms with E-state index in [2.05, 4.69) is 20.8 Å². The van der Waals surface area contributed by atoms with Gasteiger partial charge in [0, 0.05) is 34.5 Å². The van der Waals surface area contributed by atoms with Crippen molar-refractivity contribution in [2.45, 2.75) is 11.0 Å². The first-order valence-corrected chi connectivity index (χ1v) is 10.3. The van der Waals surface area contributed by atoms with E-state index in [0.29, 0.717) is 10.6 Å². The van der Waals surface area contributed by atoms with Crippen molar-refractivity contribution in [3.05, 3.63) is 57.4 Å². The van der Waals surface area contributed by atoms with Crippen LogP contribution in [0.2, 0.25) is 5.02 Å². The van der Waals surface area contributed by atoms with Crippen molar-refractivity contribution in [2.24, 2.45) is 0 Å². The first-order chi connectivity index (χ1) is 15.3. The number of hydrogen-bond acceptors (Lipinski definition) is 10. The van der Waals surface area contributed by atoms with Gasteiger partial charge in [-0.1, -0.05) is 11.6 Å². The summed E-state index contributed by atoms with van der Waals surface area (Å²) in [6.07, 6.45) is 0.346. The quantitative estimate of drug-likeness (QED) is 0.234. The van der Waals surface area contributed by atoms with Crippen LogP contribution < -0.4 is 10.1 Å². The lowest BCUT2D eigenvalue weighted by atomic mass is 10.1. The van der Waals surface area contributed by atoms with Gasteiger partial charge in [0.1, 0.15) is 12.1 Å². The average Bonchev–Trinajstić information content (AvgIpc) is 3.31. The van der Waals surface area contributed by atoms with Crippen molar-refractivity contribution in [1.29, 1.82) is 0 Å². The Balaban J connectivity index is 1.90. The number of hydrogen-bond donors (Lipinski definition) is 3. The summed E-state index contributed by atoms with van der Waals surface area (Å²) in [5.41, 5.74) is 0.392. The molecule has 0 aliphatic heterocycles. The normalized spacial score (nSPS) is 11.8. The number of anilines is 1. The first kappa shape index (κ1) is 23.4. The molecule has 0 spiro atoms. The molecule has 3 aromatic rings. The number of ether oxygens (including phenoxy) is 1. The molecule has 0 saturated carbocycles. The molecular formula is C18H17ClN6O6S. The topological polar surface area (TPSA) is 166 Å². The van der Waals surface area contributed by atoms with Gasteiger partial charge in [0.2, 0.25) is 0 Å². The number of nitro groups is 1. The zero-order chi connectivity index (χ0) is 23.3. The number of thioether (sulfide) groups is 1. The number of carbonyl (C=O) groups is 1. The lowest BCUT2D eigenvalue weighted by Gasteiger charge is -2.13. The summed E-state index contributed by atoms with van der Waals surface area (Å²) in [5, 5.41) is 43.4. The third-order valence-electron chi connectivity index (χ3n) is 4.12. The van der Waals surface area contributed by atoms with Crippen molar-refractivity contribution in [3.8, 4) is 11.4 Å². The van der Waals surface area contributed by atoms with Gasteiger partial charge in [-0.05, 0) is 22.6 Å². The van der Waals surface area contributed by atoms with Crippen LogP contribution in [0.15, 0.2) is 41.6 Å². The molecule has 12 nitrogen and oxygen atoms in total. The molecule has 3 rings (SSSR count). The molecule has 0 aliphatic rings. The van der Waals surface area contributed by atoms with E-state index in [0.717, 1.165) is 11.8 Å². The zero-order valence-corrected chi connectivity index (χ0v) is 18.1. The van der Waals surface area contributed by atoms with E-state index >= 15 is 0 Å². The van der Waals surface area contributed by atoms with Gasteiger partial charge in [0.25, 0.3) is 11.6 Å². The summed E-state index contributed by atoms with van der Waals surface area (Å²) in [5.74, 6) is -0.310. The van der Waals surface area contributed by atoms with Gasteiger partial charge in [0.15, 0.2) is 0 Å². The van der Waals surface area contributed by atoms with Gasteiger partial charge in [-0.2, -0.15) is 4.68 Å². The molecule has 2 aromatic carbocycles. The molecule has 0 unspecified atom stereocenters. The van der Waals surface area contributed by atoms with Crippen LogP contribution in [0.1, 0.15) is 10.4 Å². The van der Waals surface area contributed by atoms with E-state index in [9.17, 15) is 20.0 Å². The summed E-state index contributed by atoms with van der Waals surface area (Å²) in [7, 11) is 1.37. The molecule has 168 valence electrons. The number of non-ortho nitro benzene ring substituents is 1. The molecule has 0 aliphatic carbocycles. The number of carbonyl (C=O) groups excluding carboxylic acids is 1. The predicted octanol–water partition coefficient (Wildman–Crippen LogP) is 1.93. The van der Waals surface area contributed by atoms with E-state index in [1.807, 2.05) is 0 Å². The van der Waals surface area contributed by atoms with Crippen LogP contribution in [0.4, 0.5) is 11.4 Å². The van der Waals surface area contributed by atoms with Crippen LogP contribution in [0.3, 0.4) is 0 Å². The second-order valence-corrected chi connectivity index (χ2v) is 7.83. The Morgan fingerprint density at radius 1 is 1.38 bits per heavy atom. The Hall–Kier alpha value is -3.26. The summed E-state index contributed by atoms with van der Waals surface area (Å²) < 4.78 is 6.60. The van der Waals surface area contributed by atoms with Crippen LogP contribution >= 0.6 is 23.4 Å². The van der Waals surface area contributed by atoms with E-state index in [1.165, 1.54) is 48.5 Å². The number of nitrogens with one attached hydrogen (secondary N) is 1. The maximum absolute atomic E-state index is 12.9. The summed E-state index contributed by atoms with van der Waals surface area (Å²) in [4.78, 5) is 24.0. The molecule has 32 heavy (non-hydrogen) atoms. The number of amides is 1. The Morgan fingerprint density at radius 2 is 2.16 bits per heavy atom. The van der Waals surface area contributed by atoms with Gasteiger partial charge in [-0.3, -0.25) is 14.9 Å². The Morgan fingerprint density at radius 3 is 2.78 bits per heavy atom. The van der Waals surface area contributed by atoms with E-state index in [-0.39, 0.29) is 33.5 Å². The number of nitro benzene ring substituents is 1. The standard InChI is InChI=1S/C18H17ClN6O6S/c1-31-17-6-16(24-9-20-22-23-24)15(19)5-14(17)18(28)21-10-2-11(25(29)30)4-13(3-10)32-8-12(27)7-26/h2-6,9,12,26-27H,7-8H2,1H3,(H,21,28)/t12-/m1/s1. The summed E-state index contributed by atoms with van der Waals surface area (Å²) >= 11 is 7.38. The molecule has 1 amide bonds. The maximum atomic E-state index is 12.9. The lowest BCUT2D eigenvalue weighted by molar-refractivity contribution is -0.385. The molecule has 0 fully saturated rings. The highest BCUT2D eigenvalue weighted by atomic mass is 35.5. The highest BCUT2D eigenvalue weighted by Crippen LogP contribution is 2.32. The molecule has 1 aromatic heterocycles. The second kappa shape index (κ2) is 10.4. The number of methoxy groups -OCH3 is 1. The highest BCUT2D eigenvalue weighted by molar-refractivity contribution is 7.99. The fourth-order valence-corrected chi connectivity index (χ4v) is 3.78. The molecule has 1 atom stereocenters. The minimum Gasteiger partial charge on any atom is -0.496 e. The van der Waals surface area contributed by atoms with Crippen LogP contribution in [0.5, 0.6) is 5.75 Å². The molecule has 3 N–H and O–H groups in total. The fourth-order valence-electron chi connectivity index (χ4n) is 2.62. The van der Waals surface area contributed by atoms with E-state index in [1.54, 1.807) is 0 Å². The summed E-state index contributed by atoms with van der Waals surface area (Å²) in [6, 6.07) is 6.88. The third-order valence-corrected chi connectivity index (χ3v) is 5.55. The molecule has 1 heterocycles. The van der Waals surface area contributed by atoms with Crippen molar-refractivity contribution < 1.29 is 24.7 Å². The number of aliphatic hydroxyl groups excluding tert-OH is 2.